The van der Waals surface area contributed by atoms with Gasteiger partial charge in [0.25, 0.3) is 5.91 Å². The van der Waals surface area contributed by atoms with E-state index in [1.165, 1.54) is 6.20 Å². The third-order valence-corrected chi connectivity index (χ3v) is 3.27. The van der Waals surface area contributed by atoms with Gasteiger partial charge in [0.15, 0.2) is 0 Å². The first kappa shape index (κ1) is 12.0. The Morgan fingerprint density at radius 1 is 1.47 bits per heavy atom. The molecule has 1 fully saturated rings. The van der Waals surface area contributed by atoms with Crippen molar-refractivity contribution >= 4 is 27.8 Å². The van der Waals surface area contributed by atoms with Crippen LogP contribution < -0.4 is 0 Å². The van der Waals surface area contributed by atoms with E-state index in [-0.39, 0.29) is 12.5 Å². The van der Waals surface area contributed by atoms with Crippen LogP contribution in [0.2, 0.25) is 0 Å². The van der Waals surface area contributed by atoms with Crippen molar-refractivity contribution in [3.8, 4) is 0 Å². The highest BCUT2D eigenvalue weighted by atomic mass is 79.9. The van der Waals surface area contributed by atoms with Crippen LogP contribution in [0.3, 0.4) is 0 Å². The molecule has 0 bridgehead atoms. The highest BCUT2D eigenvalue weighted by molar-refractivity contribution is 9.10. The quantitative estimate of drug-likeness (QED) is 0.838. The van der Waals surface area contributed by atoms with E-state index in [4.69, 9.17) is 5.11 Å². The van der Waals surface area contributed by atoms with E-state index < -0.39 is 11.9 Å². The molecule has 1 aromatic rings. The van der Waals surface area contributed by atoms with Crippen LogP contribution in [0, 0.1) is 5.92 Å². The molecule has 1 saturated heterocycles. The van der Waals surface area contributed by atoms with Crippen molar-refractivity contribution in [1.82, 2.24) is 9.88 Å². The molecule has 6 heteroatoms. The van der Waals surface area contributed by atoms with Crippen molar-refractivity contribution in [3.05, 3.63) is 28.5 Å². The number of carboxylic acids is 1. The molecule has 1 atom stereocenters. The van der Waals surface area contributed by atoms with E-state index in [9.17, 15) is 9.59 Å². The molecule has 0 saturated carbocycles. The number of hydrogen-bond acceptors (Lipinski definition) is 3. The Hall–Kier alpha value is -1.43. The number of pyridine rings is 1. The predicted molar refractivity (Wildman–Crippen MR) is 63.6 cm³/mol. The van der Waals surface area contributed by atoms with Gasteiger partial charge in [0.1, 0.15) is 4.60 Å². The Labute approximate surface area is 107 Å². The Bertz CT molecular complexity index is 447. The van der Waals surface area contributed by atoms with E-state index in [2.05, 4.69) is 20.9 Å². The summed E-state index contributed by atoms with van der Waals surface area (Å²) in [5.41, 5.74) is 0.485. The predicted octanol–water partition coefficient (Wildman–Crippen LogP) is 1.39. The molecule has 1 unspecified atom stereocenters. The summed E-state index contributed by atoms with van der Waals surface area (Å²) in [6.07, 6.45) is 2.01. The minimum absolute atomic E-state index is 0.159. The van der Waals surface area contributed by atoms with E-state index in [1.807, 2.05) is 0 Å². The lowest BCUT2D eigenvalue weighted by Gasteiger charge is -2.15. The molecule has 2 heterocycles. The molecule has 0 spiro atoms. The van der Waals surface area contributed by atoms with Crippen LogP contribution >= 0.6 is 15.9 Å². The summed E-state index contributed by atoms with van der Waals surface area (Å²) in [5, 5.41) is 8.86. The number of carbonyl (C=O) groups excluding carboxylic acids is 1. The second-order valence-electron chi connectivity index (χ2n) is 3.94. The van der Waals surface area contributed by atoms with Gasteiger partial charge < -0.3 is 10.0 Å². The highest BCUT2D eigenvalue weighted by Gasteiger charge is 2.31. The SMILES string of the molecule is O=C(O)C1CCN(C(=O)c2ccc(Br)nc2)C1. The van der Waals surface area contributed by atoms with Crippen molar-refractivity contribution in [3.63, 3.8) is 0 Å². The average Bonchev–Trinajstić information content (AvgIpc) is 2.78. The van der Waals surface area contributed by atoms with Crippen LogP contribution in [0.1, 0.15) is 16.8 Å². The summed E-state index contributed by atoms with van der Waals surface area (Å²) >= 11 is 3.19. The standard InChI is InChI=1S/C11H11BrN2O3/c12-9-2-1-7(5-13-9)10(15)14-4-3-8(6-14)11(16)17/h1-2,5,8H,3-4,6H2,(H,16,17). The molecular formula is C11H11BrN2O3. The maximum atomic E-state index is 12.0. The fourth-order valence-electron chi connectivity index (χ4n) is 1.83. The molecule has 1 aliphatic rings. The first-order valence-electron chi connectivity index (χ1n) is 5.21. The monoisotopic (exact) mass is 298 g/mol. The van der Waals surface area contributed by atoms with Gasteiger partial charge in [0, 0.05) is 19.3 Å². The Balaban J connectivity index is 2.07. The summed E-state index contributed by atoms with van der Waals surface area (Å²) in [7, 11) is 0. The van der Waals surface area contributed by atoms with E-state index in [0.29, 0.717) is 23.1 Å². The van der Waals surface area contributed by atoms with Crippen molar-refractivity contribution in [2.45, 2.75) is 6.42 Å². The fourth-order valence-corrected chi connectivity index (χ4v) is 2.07. The summed E-state index contributed by atoms with van der Waals surface area (Å²) in [6, 6.07) is 3.37. The number of carbonyl (C=O) groups is 2. The third-order valence-electron chi connectivity index (χ3n) is 2.80. The van der Waals surface area contributed by atoms with Crippen LogP contribution in [0.4, 0.5) is 0 Å². The van der Waals surface area contributed by atoms with Gasteiger partial charge in [-0.2, -0.15) is 0 Å². The third kappa shape index (κ3) is 2.63. The minimum Gasteiger partial charge on any atom is -0.481 e. The van der Waals surface area contributed by atoms with Crippen LogP contribution in [0.15, 0.2) is 22.9 Å². The minimum atomic E-state index is -0.839. The number of nitrogens with zero attached hydrogens (tertiary/aromatic N) is 2. The van der Waals surface area contributed by atoms with Gasteiger partial charge in [-0.3, -0.25) is 9.59 Å². The maximum absolute atomic E-state index is 12.0. The van der Waals surface area contributed by atoms with Crippen LogP contribution in [-0.4, -0.2) is 40.0 Å². The van der Waals surface area contributed by atoms with Gasteiger partial charge in [-0.05, 0) is 34.5 Å². The zero-order valence-corrected chi connectivity index (χ0v) is 10.6. The maximum Gasteiger partial charge on any atom is 0.308 e. The van der Waals surface area contributed by atoms with Gasteiger partial charge in [-0.1, -0.05) is 0 Å². The Kier molecular flexibility index (Phi) is 3.42. The number of aromatic nitrogens is 1. The topological polar surface area (TPSA) is 70.5 Å². The summed E-state index contributed by atoms with van der Waals surface area (Å²) < 4.78 is 0.666. The largest absolute Gasteiger partial charge is 0.481 e. The molecule has 90 valence electrons. The van der Waals surface area contributed by atoms with Crippen molar-refractivity contribution in [2.75, 3.05) is 13.1 Å². The molecule has 0 aliphatic carbocycles. The van der Waals surface area contributed by atoms with E-state index in [1.54, 1.807) is 17.0 Å². The van der Waals surface area contributed by atoms with Crippen molar-refractivity contribution < 1.29 is 14.7 Å². The van der Waals surface area contributed by atoms with E-state index in [0.717, 1.165) is 0 Å². The number of likely N-dealkylation sites (tertiary alicyclic amines) is 1. The Morgan fingerprint density at radius 3 is 2.76 bits per heavy atom. The molecule has 0 aromatic carbocycles. The zero-order valence-electron chi connectivity index (χ0n) is 8.97. The molecule has 5 nitrogen and oxygen atoms in total. The number of carboxylic acid groups (broad SMARTS) is 1. The van der Waals surface area contributed by atoms with Crippen LogP contribution in [0.25, 0.3) is 0 Å². The number of aliphatic carboxylic acids is 1. The number of hydrogen-bond donors (Lipinski definition) is 1. The molecule has 1 N–H and O–H groups in total. The van der Waals surface area contributed by atoms with Crippen LogP contribution in [0.5, 0.6) is 0 Å². The van der Waals surface area contributed by atoms with Crippen LogP contribution in [-0.2, 0) is 4.79 Å². The molecular weight excluding hydrogens is 288 g/mol. The second kappa shape index (κ2) is 4.83. The molecule has 0 radical (unpaired) electrons. The summed E-state index contributed by atoms with van der Waals surface area (Å²) in [4.78, 5) is 28.3. The lowest BCUT2D eigenvalue weighted by molar-refractivity contribution is -0.141. The smallest absolute Gasteiger partial charge is 0.308 e. The highest BCUT2D eigenvalue weighted by Crippen LogP contribution is 2.19. The molecule has 17 heavy (non-hydrogen) atoms. The normalized spacial score (nSPS) is 19.4. The van der Waals surface area contributed by atoms with Gasteiger partial charge in [-0.25, -0.2) is 4.98 Å². The first-order valence-corrected chi connectivity index (χ1v) is 6.01. The van der Waals surface area contributed by atoms with E-state index >= 15 is 0 Å². The summed E-state index contributed by atoms with van der Waals surface area (Å²) in [5.74, 6) is -1.44. The first-order chi connectivity index (χ1) is 8.08. The zero-order chi connectivity index (χ0) is 12.4. The molecule has 2 rings (SSSR count). The average molecular weight is 299 g/mol. The van der Waals surface area contributed by atoms with Gasteiger partial charge in [0.2, 0.25) is 0 Å². The summed E-state index contributed by atoms with van der Waals surface area (Å²) in [6.45, 7) is 0.774. The Morgan fingerprint density at radius 2 is 2.24 bits per heavy atom. The van der Waals surface area contributed by atoms with Gasteiger partial charge in [-0.15, -0.1) is 0 Å². The number of amides is 1. The van der Waals surface area contributed by atoms with Crippen molar-refractivity contribution in [2.24, 2.45) is 5.92 Å². The molecule has 1 amide bonds. The van der Waals surface area contributed by atoms with Gasteiger partial charge in [0.05, 0.1) is 11.5 Å². The number of rotatable bonds is 2. The lowest BCUT2D eigenvalue weighted by atomic mass is 10.1. The molecule has 1 aliphatic heterocycles. The second-order valence-corrected chi connectivity index (χ2v) is 4.76. The molecule has 1 aromatic heterocycles. The number of halogens is 1. The fraction of sp³-hybridized carbons (Fsp3) is 0.364. The van der Waals surface area contributed by atoms with Gasteiger partial charge >= 0.3 is 5.97 Å². The lowest BCUT2D eigenvalue weighted by Crippen LogP contribution is -2.29. The van der Waals surface area contributed by atoms with Crippen molar-refractivity contribution in [1.29, 1.82) is 0 Å².